The van der Waals surface area contributed by atoms with Gasteiger partial charge in [-0.2, -0.15) is 0 Å². The van der Waals surface area contributed by atoms with Crippen LogP contribution in [0.3, 0.4) is 0 Å². The Morgan fingerprint density at radius 3 is 3.00 bits per heavy atom. The van der Waals surface area contributed by atoms with Crippen LogP contribution in [0.2, 0.25) is 0 Å². The number of hydrogen-bond acceptors (Lipinski definition) is 3. The van der Waals surface area contributed by atoms with Crippen molar-refractivity contribution in [2.75, 3.05) is 19.8 Å². The minimum atomic E-state index is -0.358. The van der Waals surface area contributed by atoms with Crippen molar-refractivity contribution in [3.63, 3.8) is 0 Å². The summed E-state index contributed by atoms with van der Waals surface area (Å²) in [4.78, 5) is 0. The summed E-state index contributed by atoms with van der Waals surface area (Å²) in [6.07, 6.45) is -0.0486. The van der Waals surface area contributed by atoms with Crippen molar-refractivity contribution in [2.45, 2.75) is 19.1 Å². The highest BCUT2D eigenvalue weighted by Crippen LogP contribution is 2.08. The molecule has 3 nitrogen and oxygen atoms in total. The third-order valence-electron chi connectivity index (χ3n) is 1.07. The molecule has 1 heterocycles. The Morgan fingerprint density at radius 1 is 1.89 bits per heavy atom. The van der Waals surface area contributed by atoms with Gasteiger partial charge in [0, 0.05) is 0 Å². The SMILES string of the molecule is C[C@@H](O)COC[C@H]1CO1. The monoisotopic (exact) mass is 132 g/mol. The van der Waals surface area contributed by atoms with E-state index in [1.165, 1.54) is 0 Å². The maximum Gasteiger partial charge on any atom is 0.104 e. The number of ether oxygens (including phenoxy) is 2. The lowest BCUT2D eigenvalue weighted by molar-refractivity contribution is 0.0392. The van der Waals surface area contributed by atoms with Gasteiger partial charge in [-0.1, -0.05) is 0 Å². The summed E-state index contributed by atoms with van der Waals surface area (Å²) < 4.78 is 9.93. The van der Waals surface area contributed by atoms with Crippen molar-refractivity contribution in [3.05, 3.63) is 0 Å². The molecular weight excluding hydrogens is 120 g/mol. The van der Waals surface area contributed by atoms with Crippen molar-refractivity contribution in [1.82, 2.24) is 0 Å². The largest absolute Gasteiger partial charge is 0.391 e. The predicted molar refractivity (Wildman–Crippen MR) is 32.2 cm³/mol. The van der Waals surface area contributed by atoms with E-state index in [0.29, 0.717) is 19.3 Å². The summed E-state index contributed by atoms with van der Waals surface area (Å²) >= 11 is 0. The van der Waals surface area contributed by atoms with E-state index in [4.69, 9.17) is 14.6 Å². The van der Waals surface area contributed by atoms with Gasteiger partial charge in [0.1, 0.15) is 6.10 Å². The molecule has 0 bridgehead atoms. The first-order valence-corrected chi connectivity index (χ1v) is 3.16. The van der Waals surface area contributed by atoms with Crippen LogP contribution in [0.25, 0.3) is 0 Å². The van der Waals surface area contributed by atoms with Crippen molar-refractivity contribution in [3.8, 4) is 0 Å². The first-order chi connectivity index (χ1) is 4.29. The third kappa shape index (κ3) is 3.46. The summed E-state index contributed by atoms with van der Waals surface area (Å²) in [7, 11) is 0. The zero-order valence-electron chi connectivity index (χ0n) is 5.54. The molecule has 0 aliphatic carbocycles. The standard InChI is InChI=1S/C6H12O3/c1-5(7)2-8-3-6-4-9-6/h5-7H,2-4H2,1H3/t5-,6+/m1/s1. The predicted octanol–water partition coefficient (Wildman–Crippen LogP) is -0.217. The van der Waals surface area contributed by atoms with E-state index >= 15 is 0 Å². The topological polar surface area (TPSA) is 42.0 Å². The van der Waals surface area contributed by atoms with Gasteiger partial charge >= 0.3 is 0 Å². The summed E-state index contributed by atoms with van der Waals surface area (Å²) in [5.74, 6) is 0. The Labute approximate surface area is 54.6 Å². The van der Waals surface area contributed by atoms with Crippen LogP contribution in [0.5, 0.6) is 0 Å². The van der Waals surface area contributed by atoms with E-state index in [1.54, 1.807) is 6.92 Å². The van der Waals surface area contributed by atoms with Crippen LogP contribution in [0.1, 0.15) is 6.92 Å². The van der Waals surface area contributed by atoms with Crippen LogP contribution in [0, 0.1) is 0 Å². The third-order valence-corrected chi connectivity index (χ3v) is 1.07. The molecule has 1 aliphatic rings. The first-order valence-electron chi connectivity index (χ1n) is 3.16. The number of aliphatic hydroxyl groups excluding tert-OH is 1. The zero-order valence-corrected chi connectivity index (χ0v) is 5.54. The van der Waals surface area contributed by atoms with Gasteiger partial charge in [0.05, 0.1) is 25.9 Å². The second-order valence-corrected chi connectivity index (χ2v) is 2.34. The lowest BCUT2D eigenvalue weighted by atomic mass is 10.4. The van der Waals surface area contributed by atoms with Gasteiger partial charge in [-0.3, -0.25) is 0 Å². The molecule has 0 amide bonds. The quantitative estimate of drug-likeness (QED) is 0.538. The molecule has 1 aliphatic heterocycles. The number of aliphatic hydroxyl groups is 1. The van der Waals surface area contributed by atoms with Gasteiger partial charge in [-0.05, 0) is 6.92 Å². The summed E-state index contributed by atoms with van der Waals surface area (Å²) in [6.45, 7) is 3.57. The minimum Gasteiger partial charge on any atom is -0.391 e. The van der Waals surface area contributed by atoms with Crippen LogP contribution in [-0.2, 0) is 9.47 Å². The molecule has 0 aromatic carbocycles. The van der Waals surface area contributed by atoms with E-state index < -0.39 is 0 Å². The van der Waals surface area contributed by atoms with Gasteiger partial charge in [-0.25, -0.2) is 0 Å². The molecule has 9 heavy (non-hydrogen) atoms. The smallest absolute Gasteiger partial charge is 0.104 e. The van der Waals surface area contributed by atoms with Crippen LogP contribution in [0.4, 0.5) is 0 Å². The normalized spacial score (nSPS) is 28.0. The highest BCUT2D eigenvalue weighted by molar-refractivity contribution is 4.67. The lowest BCUT2D eigenvalue weighted by Gasteiger charge is -2.02. The van der Waals surface area contributed by atoms with E-state index in [2.05, 4.69) is 0 Å². The zero-order chi connectivity index (χ0) is 6.69. The Bertz CT molecular complexity index is 76.4. The molecule has 1 N–H and O–H groups in total. The van der Waals surface area contributed by atoms with Gasteiger partial charge in [0.15, 0.2) is 0 Å². The van der Waals surface area contributed by atoms with E-state index in [0.717, 1.165) is 6.61 Å². The molecule has 1 fully saturated rings. The Hall–Kier alpha value is -0.120. The molecule has 0 radical (unpaired) electrons. The van der Waals surface area contributed by atoms with Crippen molar-refractivity contribution in [1.29, 1.82) is 0 Å². The van der Waals surface area contributed by atoms with Gasteiger partial charge in [-0.15, -0.1) is 0 Å². The Kier molecular flexibility index (Phi) is 2.45. The number of epoxide rings is 1. The average Bonchev–Trinajstić information content (AvgIpc) is 2.48. The molecule has 1 rings (SSSR count). The van der Waals surface area contributed by atoms with Crippen LogP contribution in [-0.4, -0.2) is 37.1 Å². The molecule has 2 atom stereocenters. The van der Waals surface area contributed by atoms with Crippen molar-refractivity contribution in [2.24, 2.45) is 0 Å². The van der Waals surface area contributed by atoms with Crippen molar-refractivity contribution >= 4 is 0 Å². The Balaban J connectivity index is 1.81. The van der Waals surface area contributed by atoms with Crippen molar-refractivity contribution < 1.29 is 14.6 Å². The summed E-state index contributed by atoms with van der Waals surface area (Å²) in [5, 5.41) is 8.72. The fourth-order valence-corrected chi connectivity index (χ4v) is 0.534. The van der Waals surface area contributed by atoms with E-state index in [1.807, 2.05) is 0 Å². The Morgan fingerprint density at radius 2 is 2.56 bits per heavy atom. The van der Waals surface area contributed by atoms with Crippen LogP contribution >= 0.6 is 0 Å². The second kappa shape index (κ2) is 3.15. The molecule has 0 aromatic heterocycles. The highest BCUT2D eigenvalue weighted by atomic mass is 16.6. The minimum absolute atomic E-state index is 0.309. The highest BCUT2D eigenvalue weighted by Gasteiger charge is 2.22. The lowest BCUT2D eigenvalue weighted by Crippen LogP contribution is -2.13. The van der Waals surface area contributed by atoms with E-state index in [9.17, 15) is 0 Å². The van der Waals surface area contributed by atoms with Gasteiger partial charge in [0.2, 0.25) is 0 Å². The van der Waals surface area contributed by atoms with Gasteiger partial charge in [0.25, 0.3) is 0 Å². The summed E-state index contributed by atoms with van der Waals surface area (Å²) in [5.41, 5.74) is 0. The molecule has 0 unspecified atom stereocenters. The number of rotatable bonds is 4. The maximum absolute atomic E-state index is 8.72. The molecule has 54 valence electrons. The van der Waals surface area contributed by atoms with Crippen LogP contribution in [0.15, 0.2) is 0 Å². The summed E-state index contributed by atoms with van der Waals surface area (Å²) in [6, 6.07) is 0. The van der Waals surface area contributed by atoms with E-state index in [-0.39, 0.29) is 6.10 Å². The molecule has 1 saturated heterocycles. The average molecular weight is 132 g/mol. The number of hydrogen-bond donors (Lipinski definition) is 1. The molecule has 0 saturated carbocycles. The molecule has 0 spiro atoms. The van der Waals surface area contributed by atoms with Gasteiger partial charge < -0.3 is 14.6 Å². The fourth-order valence-electron chi connectivity index (χ4n) is 0.534. The second-order valence-electron chi connectivity index (χ2n) is 2.34. The van der Waals surface area contributed by atoms with Crippen LogP contribution < -0.4 is 0 Å². The molecular formula is C6H12O3. The molecule has 0 aromatic rings. The fraction of sp³-hybridized carbons (Fsp3) is 1.00. The molecule has 3 heteroatoms. The first kappa shape index (κ1) is 6.99. The maximum atomic E-state index is 8.72.